The van der Waals surface area contributed by atoms with Gasteiger partial charge in [-0.15, -0.1) is 119 Å². The van der Waals surface area contributed by atoms with Crippen molar-refractivity contribution in [3.05, 3.63) is 329 Å². The molecule has 9 aromatic rings. The number of ether oxygens (including phenoxy) is 4. The zero-order valence-corrected chi connectivity index (χ0v) is 60.5. The van der Waals surface area contributed by atoms with Gasteiger partial charge in [-0.25, -0.2) is 15.3 Å². The van der Waals surface area contributed by atoms with E-state index in [4.69, 9.17) is 14.2 Å². The van der Waals surface area contributed by atoms with E-state index < -0.39 is 58.6 Å². The van der Waals surface area contributed by atoms with Crippen LogP contribution in [-0.2, 0) is 107 Å². The molecule has 0 saturated heterocycles. The Morgan fingerprint density at radius 1 is 0.531 bits per heavy atom. The predicted octanol–water partition coefficient (Wildman–Crippen LogP) is 18.5. The topological polar surface area (TPSA) is 305 Å². The molecule has 8 N–H and O–H groups in total. The van der Waals surface area contributed by atoms with Crippen molar-refractivity contribution >= 4 is 29.6 Å². The molecule has 0 saturated carbocycles. The van der Waals surface area contributed by atoms with Crippen LogP contribution in [0.5, 0.6) is 0 Å². The van der Waals surface area contributed by atoms with Crippen molar-refractivity contribution < 1.29 is 120 Å². The van der Waals surface area contributed by atoms with Gasteiger partial charge in [0.25, 0.3) is 0 Å². The van der Waals surface area contributed by atoms with Gasteiger partial charge in [-0.2, -0.15) is 0 Å². The van der Waals surface area contributed by atoms with Gasteiger partial charge in [0.2, 0.25) is 0 Å². The first kappa shape index (κ1) is 96.0. The Balaban J connectivity index is -0.000000387. The minimum Gasteiger partial charge on any atom is -0.719 e. The van der Waals surface area contributed by atoms with Crippen molar-refractivity contribution in [3.8, 4) is 45.0 Å². The van der Waals surface area contributed by atoms with Crippen LogP contribution in [0.3, 0.4) is 0 Å². The fourth-order valence-corrected chi connectivity index (χ4v) is 7.59. The molecule has 1 aliphatic heterocycles. The van der Waals surface area contributed by atoms with E-state index >= 15 is 8.78 Å². The molecule has 0 bridgehead atoms. The van der Waals surface area contributed by atoms with Crippen molar-refractivity contribution in [2.24, 2.45) is 0 Å². The quantitative estimate of drug-likeness (QED) is 0.0425. The molecule has 4 aromatic heterocycles. The first-order valence-corrected chi connectivity index (χ1v) is 25.9. The van der Waals surface area contributed by atoms with Gasteiger partial charge in [-0.3, -0.25) is 31.5 Å². The molecular weight excluding hydrogens is 1780 g/mol. The number of carbonyl (C=O) groups excluding carboxylic acids is 4. The van der Waals surface area contributed by atoms with E-state index in [-0.39, 0.29) is 181 Å². The van der Waals surface area contributed by atoms with Crippen molar-refractivity contribution in [3.63, 3.8) is 0 Å². The molecule has 3 radical (unpaired) electrons. The van der Waals surface area contributed by atoms with E-state index in [1.807, 2.05) is 66.7 Å². The van der Waals surface area contributed by atoms with E-state index in [1.165, 1.54) is 39.1 Å². The Labute approximate surface area is 600 Å². The summed E-state index contributed by atoms with van der Waals surface area (Å²) in [5.41, 5.74) is 5.83. The molecule has 96 heavy (non-hydrogen) atoms. The number of nitrogens with two attached hydrogens (primary N) is 4. The Morgan fingerprint density at radius 2 is 1.00 bits per heavy atom. The summed E-state index contributed by atoms with van der Waals surface area (Å²) >= 11 is 0. The first-order chi connectivity index (χ1) is 41.1. The van der Waals surface area contributed by atoms with Crippen molar-refractivity contribution in [2.75, 3.05) is 13.2 Å². The van der Waals surface area contributed by atoms with Gasteiger partial charge in [0, 0.05) is 122 Å². The number of hydrogen-bond acceptors (Lipinski definition) is 12. The molecule has 0 spiro atoms. The third-order valence-electron chi connectivity index (χ3n) is 11.6. The summed E-state index contributed by atoms with van der Waals surface area (Å²) in [6, 6.07) is 50.5. The molecule has 523 valence electrons. The maximum atomic E-state index is 15.5. The molecule has 10 rings (SSSR count). The normalized spacial score (nSPS) is 10.6. The van der Waals surface area contributed by atoms with Crippen LogP contribution in [0, 0.1) is 96.0 Å². The molecule has 17 nitrogen and oxygen atoms in total. The fraction of sp³-hybridized carbons (Fsp3) is 0.127. The van der Waals surface area contributed by atoms with Crippen LogP contribution >= 0.6 is 0 Å². The number of carbonyl (C=O) groups is 4. The maximum absolute atomic E-state index is 15.5. The average molecular weight is 1850 g/mol. The first-order valence-electron chi connectivity index (χ1n) is 25.9. The largest absolute Gasteiger partial charge is 0.719 e. The summed E-state index contributed by atoms with van der Waals surface area (Å²) in [6.07, 6.45) is 11.1. The second-order valence-electron chi connectivity index (χ2n) is 17.9. The van der Waals surface area contributed by atoms with Crippen molar-refractivity contribution in [2.45, 2.75) is 47.0 Å². The van der Waals surface area contributed by atoms with Crippen LogP contribution < -0.4 is 0 Å². The Kier molecular flexibility index (Phi) is 48.9. The predicted molar refractivity (Wildman–Crippen MR) is 352 cm³/mol. The number of pyridine rings is 4. The molecule has 5 heterocycles. The van der Waals surface area contributed by atoms with E-state index in [1.54, 1.807) is 86.2 Å². The third kappa shape index (κ3) is 28.7. The number of hydrogen-bond donors (Lipinski definition) is 0. The zero-order valence-electron chi connectivity index (χ0n) is 53.4. The van der Waals surface area contributed by atoms with Crippen molar-refractivity contribution in [1.29, 1.82) is 0 Å². The zero-order chi connectivity index (χ0) is 60.7. The second-order valence-corrected chi connectivity index (χ2v) is 17.9. The van der Waals surface area contributed by atoms with E-state index in [2.05, 4.69) is 60.3 Å². The molecule has 0 aliphatic carbocycles. The molecule has 0 amide bonds. The SMILES string of the molecule is CC(=O)OCC(=O)OCc1c[c-]c(-c2ccccn2)cc1.CC(=O)OCc1c[c-]c(-c2ccccn2)cc1.CCOC(=O)c1c(F)c(-c2ccccn2)[c-]c(C2C=CC=C(c3[c-]cc(C)cc3F)[N-]2)c1F.Fc1c[c-]c(-c2ccccn2)c(F)c1.[CH3-].[CH3-].[CH3-].[CH3-].[Ir].[Ir].[Ir].[NH2-].[NH2-].[NH2-].[NH2-]. The third-order valence-corrected chi connectivity index (χ3v) is 11.6. The van der Waals surface area contributed by atoms with E-state index in [0.29, 0.717) is 11.3 Å². The standard InChI is InChI=1S/C26H18F3N2O2.C16H14NO4.C14H12NO2.C11H6F2N.4CH3.3Ir.4H2N/c1-3-33-26(32)23-24(28)17(20-7-4-5-12-30-20)14-18(25(23)29)22-9-6-8-21(31-22)16-11-10-15(2)13-19(16)27;1-12(18)20-11-16(19)21-10-13-5-7-14(8-6-13)15-4-2-3-9-17-15;1-11(16)17-10-12-5-7-13(8-6-12)14-4-2-3-9-15-14;12-8-4-5-9(10(13)7-8)11-3-1-2-6-14-11;;;;;;;;;;;/h4-10,12-13,22H,3H2,1-2H3;2-7,9H,10-11H2,1H3;2-7,9H,10H2,1H3;1-4,6-7H;4*1H3;;;;4*1H2/q-3;7*-1;;;;4*-1. The Morgan fingerprint density at radius 3 is 1.44 bits per heavy atom. The van der Waals surface area contributed by atoms with Gasteiger partial charge in [0.15, 0.2) is 6.61 Å². The van der Waals surface area contributed by atoms with E-state index in [9.17, 15) is 32.3 Å². The van der Waals surface area contributed by atoms with Crippen LogP contribution in [0.4, 0.5) is 22.0 Å². The maximum Gasteiger partial charge on any atom is 0.343 e. The van der Waals surface area contributed by atoms with Gasteiger partial charge >= 0.3 is 23.9 Å². The number of aryl methyl sites for hydroxylation is 1. The van der Waals surface area contributed by atoms with Gasteiger partial charge in [-0.1, -0.05) is 102 Å². The van der Waals surface area contributed by atoms with Crippen LogP contribution in [0.2, 0.25) is 0 Å². The number of halogens is 5. The summed E-state index contributed by atoms with van der Waals surface area (Å²) in [4.78, 5) is 61.4. The molecule has 1 atom stereocenters. The van der Waals surface area contributed by atoms with Gasteiger partial charge in [0.05, 0.1) is 31.5 Å². The summed E-state index contributed by atoms with van der Waals surface area (Å²) < 4.78 is 90.3. The van der Waals surface area contributed by atoms with Crippen LogP contribution in [0.1, 0.15) is 65.0 Å². The molecule has 25 heteroatoms. The molecule has 1 aliphatic rings. The number of rotatable bonds is 14. The minimum absolute atomic E-state index is 0. The monoisotopic (exact) mass is 1850 g/mol. The summed E-state index contributed by atoms with van der Waals surface area (Å²) in [6.45, 7) is 5.86. The molecule has 0 fully saturated rings. The smallest absolute Gasteiger partial charge is 0.343 e. The summed E-state index contributed by atoms with van der Waals surface area (Å²) in [5, 5.41) is 4.42. The minimum atomic E-state index is -1.15. The Bertz CT molecular complexity index is 3800. The number of esters is 4. The average Bonchev–Trinajstić information content (AvgIpc) is 0.771. The number of benzene rings is 5. The van der Waals surface area contributed by atoms with Gasteiger partial charge < -0.3 is 98.5 Å². The summed E-state index contributed by atoms with van der Waals surface area (Å²) in [5.74, 6) is -6.60. The van der Waals surface area contributed by atoms with Crippen LogP contribution in [0.25, 0.3) is 80.6 Å². The molecule has 1 unspecified atom stereocenters. The molecule has 5 aromatic carbocycles. The number of nitrogens with zero attached hydrogens (tertiary/aromatic N) is 5. The van der Waals surface area contributed by atoms with Crippen LogP contribution in [0.15, 0.2) is 176 Å². The van der Waals surface area contributed by atoms with E-state index in [0.717, 1.165) is 45.8 Å². The number of aromatic nitrogens is 4. The van der Waals surface area contributed by atoms with Gasteiger partial charge in [-0.05, 0) is 54.0 Å². The molecular formula is C71H70F5Ir3N9O8-14. The van der Waals surface area contributed by atoms with Crippen LogP contribution in [-0.4, -0.2) is 57.0 Å². The summed E-state index contributed by atoms with van der Waals surface area (Å²) in [7, 11) is 0. The fourth-order valence-electron chi connectivity index (χ4n) is 7.59. The van der Waals surface area contributed by atoms with Crippen molar-refractivity contribution in [1.82, 2.24) is 19.9 Å². The second kappa shape index (κ2) is 48.9. The Hall–Kier alpha value is -8.70. The van der Waals surface area contributed by atoms with Gasteiger partial charge in [0.1, 0.15) is 0 Å². The number of allylic oxidation sites excluding steroid dienone is 2.